The zero-order valence-corrected chi connectivity index (χ0v) is 22.4. The third-order valence-electron chi connectivity index (χ3n) is 8.46. The molecule has 13 heteroatoms. The first kappa shape index (κ1) is 29.3. The molecule has 0 radical (unpaired) electrons. The number of imide groups is 1. The lowest BCUT2D eigenvalue weighted by Crippen LogP contribution is -2.53. The third-order valence-corrected chi connectivity index (χ3v) is 8.46. The summed E-state index contributed by atoms with van der Waals surface area (Å²) in [4.78, 5) is 35.0. The van der Waals surface area contributed by atoms with Crippen molar-refractivity contribution in [3.63, 3.8) is 0 Å². The van der Waals surface area contributed by atoms with Gasteiger partial charge in [0.1, 0.15) is 11.9 Å². The number of halogens is 4. The molecule has 1 saturated carbocycles. The molecule has 0 unspecified atom stereocenters. The average Bonchev–Trinajstić information content (AvgIpc) is 3.35. The van der Waals surface area contributed by atoms with Crippen molar-refractivity contribution in [3.8, 4) is 17.1 Å². The van der Waals surface area contributed by atoms with Gasteiger partial charge in [0.05, 0.1) is 41.8 Å². The summed E-state index contributed by atoms with van der Waals surface area (Å²) in [5.41, 5.74) is -1.15. The minimum Gasteiger partial charge on any atom is -0.476 e. The van der Waals surface area contributed by atoms with Gasteiger partial charge in [0, 0.05) is 12.1 Å². The molecule has 41 heavy (non-hydrogen) atoms. The van der Waals surface area contributed by atoms with Gasteiger partial charge in [0.25, 0.3) is 5.91 Å². The molecule has 9 nitrogen and oxygen atoms in total. The molecular formula is C28H33F4N5O4. The zero-order valence-electron chi connectivity index (χ0n) is 22.4. The molecule has 3 N–H and O–H groups in total. The van der Waals surface area contributed by atoms with Crippen LogP contribution in [-0.2, 0) is 4.79 Å². The van der Waals surface area contributed by atoms with Crippen LogP contribution in [0.3, 0.4) is 0 Å². The minimum atomic E-state index is -4.16. The third kappa shape index (κ3) is 6.52. The molecule has 5 rings (SSSR count). The molecular weight excluding hydrogens is 546 g/mol. The number of aliphatic hydroxyl groups excluding tert-OH is 1. The maximum absolute atomic E-state index is 14.7. The number of piperidine rings is 1. The van der Waals surface area contributed by atoms with E-state index in [-0.39, 0.29) is 36.7 Å². The standard InChI is InChI=1S/C28H33F4N5O4/c29-20-12-18(2-3-19(20)25(39)36-26(40)24-22(38)4-9-33-24)21-13-35-23(14-34-21)41-15-17-5-10-37(11-6-17)16-27(7-1-8-27)28(30,31)32/h2-3,12-14,17,22,24,33,38H,1,4-11,15-16H2,(H,36,39,40)/t22-,24-/m0/s1. The van der Waals surface area contributed by atoms with Gasteiger partial charge in [-0.1, -0.05) is 12.5 Å². The van der Waals surface area contributed by atoms with Gasteiger partial charge in [-0.05, 0) is 69.8 Å². The average molecular weight is 580 g/mol. The Morgan fingerprint density at radius 2 is 1.90 bits per heavy atom. The molecule has 3 heterocycles. The van der Waals surface area contributed by atoms with Crippen LogP contribution in [0.4, 0.5) is 17.6 Å². The molecule has 1 aromatic heterocycles. The van der Waals surface area contributed by atoms with E-state index in [4.69, 9.17) is 4.74 Å². The molecule has 1 aliphatic carbocycles. The molecule has 0 bridgehead atoms. The van der Waals surface area contributed by atoms with Crippen LogP contribution in [0.15, 0.2) is 30.6 Å². The normalized spacial score (nSPS) is 23.1. The van der Waals surface area contributed by atoms with Crippen LogP contribution >= 0.6 is 0 Å². The Labute approximate surface area is 234 Å². The first-order valence-corrected chi connectivity index (χ1v) is 13.9. The van der Waals surface area contributed by atoms with E-state index in [2.05, 4.69) is 20.6 Å². The fourth-order valence-corrected chi connectivity index (χ4v) is 5.69. The number of alkyl halides is 3. The van der Waals surface area contributed by atoms with Gasteiger partial charge < -0.3 is 20.1 Å². The van der Waals surface area contributed by atoms with E-state index in [9.17, 15) is 32.3 Å². The Morgan fingerprint density at radius 3 is 2.46 bits per heavy atom. The summed E-state index contributed by atoms with van der Waals surface area (Å²) in [5, 5.41) is 14.7. The number of nitrogens with zero attached hydrogens (tertiary/aromatic N) is 3. The van der Waals surface area contributed by atoms with Crippen molar-refractivity contribution in [2.75, 3.05) is 32.8 Å². The molecule has 2 saturated heterocycles. The number of nitrogens with one attached hydrogen (secondary N) is 2. The molecule has 3 fully saturated rings. The van der Waals surface area contributed by atoms with Crippen molar-refractivity contribution in [3.05, 3.63) is 42.0 Å². The number of hydrogen-bond acceptors (Lipinski definition) is 8. The number of aromatic nitrogens is 2. The monoisotopic (exact) mass is 579 g/mol. The van der Waals surface area contributed by atoms with Gasteiger partial charge >= 0.3 is 6.18 Å². The molecule has 3 aliphatic rings. The molecule has 2 atom stereocenters. The van der Waals surface area contributed by atoms with Gasteiger partial charge in [-0.15, -0.1) is 0 Å². The molecule has 222 valence electrons. The lowest BCUT2D eigenvalue weighted by molar-refractivity contribution is -0.256. The quantitative estimate of drug-likeness (QED) is 0.323. The summed E-state index contributed by atoms with van der Waals surface area (Å²) >= 11 is 0. The van der Waals surface area contributed by atoms with Gasteiger partial charge in [0.2, 0.25) is 11.8 Å². The van der Waals surface area contributed by atoms with E-state index in [1.807, 2.05) is 4.90 Å². The smallest absolute Gasteiger partial charge is 0.395 e. The Kier molecular flexibility index (Phi) is 8.57. The molecule has 2 amide bonds. The first-order chi connectivity index (χ1) is 19.5. The Hall–Kier alpha value is -3.16. The lowest BCUT2D eigenvalue weighted by atomic mass is 9.67. The number of carbonyl (C=O) groups excluding carboxylic acids is 2. The van der Waals surface area contributed by atoms with Crippen molar-refractivity contribution < 1.29 is 37.0 Å². The predicted molar refractivity (Wildman–Crippen MR) is 139 cm³/mol. The van der Waals surface area contributed by atoms with Gasteiger partial charge in [0.15, 0.2) is 0 Å². The molecule has 1 aromatic carbocycles. The fraction of sp³-hybridized carbons (Fsp3) is 0.571. The van der Waals surface area contributed by atoms with Crippen LogP contribution < -0.4 is 15.4 Å². The van der Waals surface area contributed by atoms with Crippen molar-refractivity contribution in [2.24, 2.45) is 11.3 Å². The SMILES string of the molecule is O=C(NC(=O)[C@H]1NCC[C@@H]1O)c1ccc(-c2cnc(OCC3CCN(CC4(C(F)(F)F)CCC4)CC3)cn2)cc1F. The fourth-order valence-electron chi connectivity index (χ4n) is 5.69. The highest BCUT2D eigenvalue weighted by Crippen LogP contribution is 2.53. The number of benzene rings is 1. The summed E-state index contributed by atoms with van der Waals surface area (Å²) < 4.78 is 61.0. The van der Waals surface area contributed by atoms with Crippen LogP contribution in [-0.4, -0.2) is 82.9 Å². The number of aliphatic hydroxyl groups is 1. The number of rotatable bonds is 8. The number of likely N-dealkylation sites (tertiary alicyclic amines) is 1. The topological polar surface area (TPSA) is 117 Å². The van der Waals surface area contributed by atoms with Crippen molar-refractivity contribution in [1.82, 2.24) is 25.5 Å². The number of carbonyl (C=O) groups is 2. The zero-order chi connectivity index (χ0) is 29.2. The first-order valence-electron chi connectivity index (χ1n) is 13.9. The Morgan fingerprint density at radius 1 is 1.15 bits per heavy atom. The van der Waals surface area contributed by atoms with E-state index in [0.717, 1.165) is 18.9 Å². The van der Waals surface area contributed by atoms with E-state index < -0.39 is 41.4 Å². The van der Waals surface area contributed by atoms with Gasteiger partial charge in [-0.3, -0.25) is 14.9 Å². The summed E-state index contributed by atoms with van der Waals surface area (Å²) in [5.74, 6) is -2.01. The van der Waals surface area contributed by atoms with E-state index in [0.29, 0.717) is 50.3 Å². The van der Waals surface area contributed by atoms with E-state index in [1.54, 1.807) is 0 Å². The molecule has 2 aromatic rings. The van der Waals surface area contributed by atoms with Crippen molar-refractivity contribution in [2.45, 2.75) is 56.8 Å². The lowest BCUT2D eigenvalue weighted by Gasteiger charge is -2.47. The van der Waals surface area contributed by atoms with Crippen molar-refractivity contribution >= 4 is 11.8 Å². The highest BCUT2D eigenvalue weighted by atomic mass is 19.4. The number of amides is 2. The maximum atomic E-state index is 14.7. The van der Waals surface area contributed by atoms with Crippen LogP contribution in [0.1, 0.15) is 48.9 Å². The van der Waals surface area contributed by atoms with Crippen LogP contribution in [0.25, 0.3) is 11.3 Å². The van der Waals surface area contributed by atoms with Crippen molar-refractivity contribution in [1.29, 1.82) is 0 Å². The Balaban J connectivity index is 1.09. The minimum absolute atomic E-state index is 0.0729. The predicted octanol–water partition coefficient (Wildman–Crippen LogP) is 3.09. The van der Waals surface area contributed by atoms with Crippen LogP contribution in [0.5, 0.6) is 5.88 Å². The molecule has 2 aliphatic heterocycles. The Bertz CT molecular complexity index is 1250. The second-order valence-corrected chi connectivity index (χ2v) is 11.2. The highest BCUT2D eigenvalue weighted by molar-refractivity contribution is 6.06. The number of ether oxygens (including phenoxy) is 1. The highest BCUT2D eigenvalue weighted by Gasteiger charge is 2.58. The van der Waals surface area contributed by atoms with E-state index in [1.165, 1.54) is 24.5 Å². The van der Waals surface area contributed by atoms with Gasteiger partial charge in [-0.2, -0.15) is 13.2 Å². The second-order valence-electron chi connectivity index (χ2n) is 11.2. The van der Waals surface area contributed by atoms with Gasteiger partial charge in [-0.25, -0.2) is 14.4 Å². The van der Waals surface area contributed by atoms with E-state index >= 15 is 0 Å². The molecule has 0 spiro atoms. The summed E-state index contributed by atoms with van der Waals surface area (Å²) in [6, 6.07) is 2.92. The van der Waals surface area contributed by atoms with Crippen LogP contribution in [0, 0.1) is 17.2 Å². The summed E-state index contributed by atoms with van der Waals surface area (Å²) in [6.07, 6.45) is 0.675. The summed E-state index contributed by atoms with van der Waals surface area (Å²) in [7, 11) is 0. The summed E-state index contributed by atoms with van der Waals surface area (Å²) in [6.45, 7) is 2.09. The number of hydrogen-bond donors (Lipinski definition) is 3. The largest absolute Gasteiger partial charge is 0.476 e. The maximum Gasteiger partial charge on any atom is 0.395 e. The van der Waals surface area contributed by atoms with Crippen LogP contribution in [0.2, 0.25) is 0 Å². The second kappa shape index (κ2) is 12.0.